The van der Waals surface area contributed by atoms with Gasteiger partial charge in [0.2, 0.25) is 0 Å². The van der Waals surface area contributed by atoms with Crippen molar-refractivity contribution >= 4 is 5.96 Å². The molecular formula is C24H41N3O3. The van der Waals surface area contributed by atoms with Crippen molar-refractivity contribution in [3.05, 3.63) is 35.9 Å². The number of methoxy groups -OCH3 is 1. The van der Waals surface area contributed by atoms with Gasteiger partial charge in [-0.3, -0.25) is 4.99 Å². The molecule has 0 saturated carbocycles. The van der Waals surface area contributed by atoms with Crippen LogP contribution in [0.4, 0.5) is 0 Å². The average molecular weight is 420 g/mol. The maximum Gasteiger partial charge on any atom is 0.193 e. The number of nitrogens with one attached hydrogen (secondary N) is 1. The second-order valence-electron chi connectivity index (χ2n) is 7.69. The molecule has 1 fully saturated rings. The summed E-state index contributed by atoms with van der Waals surface area (Å²) < 4.78 is 16.8. The molecule has 30 heavy (non-hydrogen) atoms. The van der Waals surface area contributed by atoms with Crippen molar-refractivity contribution < 1.29 is 14.2 Å². The molecule has 0 aromatic heterocycles. The maximum absolute atomic E-state index is 5.97. The second kappa shape index (κ2) is 16.1. The fourth-order valence-electron chi connectivity index (χ4n) is 3.55. The van der Waals surface area contributed by atoms with Crippen molar-refractivity contribution in [3.63, 3.8) is 0 Å². The van der Waals surface area contributed by atoms with Crippen molar-refractivity contribution in [2.75, 3.05) is 59.7 Å². The van der Waals surface area contributed by atoms with Gasteiger partial charge in [0.1, 0.15) is 0 Å². The van der Waals surface area contributed by atoms with Crippen molar-refractivity contribution in [2.45, 2.75) is 51.6 Å². The summed E-state index contributed by atoms with van der Waals surface area (Å²) in [6.45, 7) is 9.04. The number of hydrogen-bond donors (Lipinski definition) is 1. The van der Waals surface area contributed by atoms with Crippen LogP contribution in [-0.2, 0) is 20.6 Å². The first kappa shape index (κ1) is 24.6. The number of nitrogens with zero attached hydrogens (tertiary/aromatic N) is 2. The molecular weight excluding hydrogens is 378 g/mol. The number of hydrogen-bond acceptors (Lipinski definition) is 4. The summed E-state index contributed by atoms with van der Waals surface area (Å²) >= 11 is 0. The van der Waals surface area contributed by atoms with Crippen molar-refractivity contribution in [1.29, 1.82) is 0 Å². The zero-order chi connectivity index (χ0) is 21.3. The molecule has 1 aromatic carbocycles. The molecule has 1 aliphatic heterocycles. The summed E-state index contributed by atoms with van der Waals surface area (Å²) in [5.74, 6) is 1.04. The summed E-state index contributed by atoms with van der Waals surface area (Å²) in [6.07, 6.45) is 6.55. The molecule has 1 aliphatic rings. The van der Waals surface area contributed by atoms with Gasteiger partial charge in [0.25, 0.3) is 0 Å². The first-order valence-corrected chi connectivity index (χ1v) is 11.6. The summed E-state index contributed by atoms with van der Waals surface area (Å²) in [6, 6.07) is 10.5. The highest BCUT2D eigenvalue weighted by molar-refractivity contribution is 5.80. The van der Waals surface area contributed by atoms with Crippen LogP contribution in [0.2, 0.25) is 0 Å². The van der Waals surface area contributed by atoms with Crippen LogP contribution in [0.5, 0.6) is 0 Å². The molecule has 0 bridgehead atoms. The molecule has 1 saturated heterocycles. The van der Waals surface area contributed by atoms with Crippen LogP contribution in [0.25, 0.3) is 0 Å². The van der Waals surface area contributed by atoms with E-state index in [1.165, 1.54) is 5.56 Å². The average Bonchev–Trinajstić information content (AvgIpc) is 2.79. The maximum atomic E-state index is 5.97. The zero-order valence-corrected chi connectivity index (χ0v) is 19.0. The van der Waals surface area contributed by atoms with Crippen molar-refractivity contribution in [2.24, 2.45) is 4.99 Å². The summed E-state index contributed by atoms with van der Waals surface area (Å²) in [7, 11) is 1.74. The molecule has 1 N–H and O–H groups in total. The van der Waals surface area contributed by atoms with E-state index in [-0.39, 0.29) is 0 Å². The van der Waals surface area contributed by atoms with E-state index in [0.717, 1.165) is 97.1 Å². The smallest absolute Gasteiger partial charge is 0.193 e. The van der Waals surface area contributed by atoms with Crippen molar-refractivity contribution in [3.8, 4) is 0 Å². The van der Waals surface area contributed by atoms with E-state index in [9.17, 15) is 0 Å². The van der Waals surface area contributed by atoms with Crippen LogP contribution in [0.3, 0.4) is 0 Å². The molecule has 6 nitrogen and oxygen atoms in total. The number of piperidine rings is 1. The number of benzene rings is 1. The lowest BCUT2D eigenvalue weighted by Crippen LogP contribution is -2.47. The predicted molar refractivity (Wildman–Crippen MR) is 123 cm³/mol. The summed E-state index contributed by atoms with van der Waals surface area (Å²) in [5.41, 5.74) is 1.33. The number of likely N-dealkylation sites (tertiary alicyclic amines) is 1. The van der Waals surface area contributed by atoms with Crippen LogP contribution in [0.15, 0.2) is 35.3 Å². The third-order valence-electron chi connectivity index (χ3n) is 5.26. The molecule has 170 valence electrons. The molecule has 0 unspecified atom stereocenters. The molecule has 0 atom stereocenters. The van der Waals surface area contributed by atoms with Gasteiger partial charge in [-0.1, -0.05) is 30.3 Å². The highest BCUT2D eigenvalue weighted by Crippen LogP contribution is 2.14. The Balaban J connectivity index is 1.56. The molecule has 6 heteroatoms. The Hall–Kier alpha value is -1.63. The molecule has 0 spiro atoms. The second-order valence-corrected chi connectivity index (χ2v) is 7.69. The van der Waals surface area contributed by atoms with Gasteiger partial charge in [-0.2, -0.15) is 0 Å². The number of rotatable bonds is 14. The molecule has 2 rings (SSSR count). The molecule has 0 radical (unpaired) electrons. The summed E-state index contributed by atoms with van der Waals surface area (Å²) in [4.78, 5) is 7.20. The van der Waals surface area contributed by atoms with E-state index < -0.39 is 0 Å². The van der Waals surface area contributed by atoms with Gasteiger partial charge in [0, 0.05) is 53.1 Å². The standard InChI is InChI=1S/C24H41N3O3/c1-3-25-24(27-16-12-23(13-17-27)30-20-9-18-28-2)26-15-7-8-19-29-21-14-22-10-5-4-6-11-22/h4-6,10-11,23H,3,7-9,12-21H2,1-2H3,(H,25,26). The van der Waals surface area contributed by atoms with E-state index in [1.54, 1.807) is 7.11 Å². The highest BCUT2D eigenvalue weighted by atomic mass is 16.5. The number of guanidine groups is 1. The van der Waals surface area contributed by atoms with Crippen LogP contribution in [-0.4, -0.2) is 76.7 Å². The monoisotopic (exact) mass is 419 g/mol. The Morgan fingerprint density at radius 1 is 1.03 bits per heavy atom. The Labute approximate surface area is 183 Å². The fraction of sp³-hybridized carbons (Fsp3) is 0.708. The SMILES string of the molecule is CCNC(=NCCCCOCCc1ccccc1)N1CCC(OCCCOC)CC1. The number of ether oxygens (including phenoxy) is 3. The Kier molecular flexibility index (Phi) is 13.2. The number of unbranched alkanes of at least 4 members (excludes halogenated alkanes) is 1. The predicted octanol–water partition coefficient (Wildman–Crippen LogP) is 3.51. The summed E-state index contributed by atoms with van der Waals surface area (Å²) in [5, 5.41) is 3.44. The first-order valence-electron chi connectivity index (χ1n) is 11.6. The normalized spacial score (nSPS) is 15.5. The zero-order valence-electron chi connectivity index (χ0n) is 19.0. The molecule has 0 aliphatic carbocycles. The minimum Gasteiger partial charge on any atom is -0.385 e. The van der Waals surface area contributed by atoms with Crippen LogP contribution in [0.1, 0.15) is 44.6 Å². The van der Waals surface area contributed by atoms with Crippen LogP contribution < -0.4 is 5.32 Å². The fourth-order valence-corrected chi connectivity index (χ4v) is 3.55. The van der Waals surface area contributed by atoms with E-state index in [1.807, 2.05) is 6.07 Å². The third kappa shape index (κ3) is 10.4. The van der Waals surface area contributed by atoms with E-state index >= 15 is 0 Å². The quantitative estimate of drug-likeness (QED) is 0.284. The molecule has 1 heterocycles. The highest BCUT2D eigenvalue weighted by Gasteiger charge is 2.21. The van der Waals surface area contributed by atoms with E-state index in [4.69, 9.17) is 19.2 Å². The molecule has 0 amide bonds. The van der Waals surface area contributed by atoms with Gasteiger partial charge in [-0.25, -0.2) is 0 Å². The van der Waals surface area contributed by atoms with Gasteiger partial charge in [0.05, 0.1) is 12.7 Å². The van der Waals surface area contributed by atoms with E-state index in [2.05, 4.69) is 41.4 Å². The lowest BCUT2D eigenvalue weighted by atomic mass is 10.1. The topological polar surface area (TPSA) is 55.3 Å². The first-order chi connectivity index (χ1) is 14.8. The Morgan fingerprint density at radius 3 is 2.57 bits per heavy atom. The molecule has 1 aromatic rings. The number of aliphatic imine (C=N–C) groups is 1. The van der Waals surface area contributed by atoms with Gasteiger partial charge in [0.15, 0.2) is 5.96 Å². The minimum absolute atomic E-state index is 0.369. The van der Waals surface area contributed by atoms with Crippen LogP contribution >= 0.6 is 0 Å². The largest absolute Gasteiger partial charge is 0.385 e. The third-order valence-corrected chi connectivity index (χ3v) is 5.26. The Bertz CT molecular complexity index is 560. The van der Waals surface area contributed by atoms with Gasteiger partial charge >= 0.3 is 0 Å². The van der Waals surface area contributed by atoms with Crippen LogP contribution in [0, 0.1) is 0 Å². The van der Waals surface area contributed by atoms with Crippen molar-refractivity contribution in [1.82, 2.24) is 10.2 Å². The minimum atomic E-state index is 0.369. The Morgan fingerprint density at radius 2 is 1.83 bits per heavy atom. The van der Waals surface area contributed by atoms with E-state index in [0.29, 0.717) is 6.10 Å². The van der Waals surface area contributed by atoms with Gasteiger partial charge < -0.3 is 24.4 Å². The lowest BCUT2D eigenvalue weighted by molar-refractivity contribution is 0.00990. The van der Waals surface area contributed by atoms with Gasteiger partial charge in [-0.05, 0) is 51.0 Å². The lowest BCUT2D eigenvalue weighted by Gasteiger charge is -2.34. The van der Waals surface area contributed by atoms with Gasteiger partial charge in [-0.15, -0.1) is 0 Å².